The van der Waals surface area contributed by atoms with E-state index in [0.29, 0.717) is 26.3 Å². The predicted molar refractivity (Wildman–Crippen MR) is 121 cm³/mol. The van der Waals surface area contributed by atoms with Crippen molar-refractivity contribution in [2.45, 2.75) is 13.8 Å². The van der Waals surface area contributed by atoms with E-state index in [1.807, 2.05) is 43.0 Å². The summed E-state index contributed by atoms with van der Waals surface area (Å²) >= 11 is 0. The van der Waals surface area contributed by atoms with E-state index < -0.39 is 0 Å². The number of carbonyl (C=O) groups excluding carboxylic acids is 1. The van der Waals surface area contributed by atoms with Gasteiger partial charge in [0.05, 0.1) is 25.5 Å². The average molecular weight is 423 g/mol. The van der Waals surface area contributed by atoms with E-state index in [0.717, 1.165) is 58.5 Å². The largest absolute Gasteiger partial charge is 0.394 e. The Labute approximate surface area is 182 Å². The quantitative estimate of drug-likeness (QED) is 0.572. The van der Waals surface area contributed by atoms with Gasteiger partial charge in [0, 0.05) is 49.5 Å². The molecule has 31 heavy (non-hydrogen) atoms. The first kappa shape index (κ1) is 21.5. The van der Waals surface area contributed by atoms with Crippen LogP contribution in [0.5, 0.6) is 0 Å². The van der Waals surface area contributed by atoms with Gasteiger partial charge in [-0.2, -0.15) is 5.10 Å². The van der Waals surface area contributed by atoms with Crippen molar-refractivity contribution in [1.29, 1.82) is 0 Å². The summed E-state index contributed by atoms with van der Waals surface area (Å²) in [6.45, 7) is 8.95. The SMILES string of the molecule is Cc1n[nH]c(C)c1-c1cccc2c(C(=O)N3CCN(CCOCCO)CC3)cccc12. The summed E-state index contributed by atoms with van der Waals surface area (Å²) in [6.07, 6.45) is 0. The fourth-order valence-corrected chi connectivity index (χ4v) is 4.37. The number of aliphatic hydroxyl groups is 1. The molecule has 1 aliphatic rings. The summed E-state index contributed by atoms with van der Waals surface area (Å²) in [5.74, 6) is 0.0829. The Hall–Kier alpha value is -2.74. The predicted octanol–water partition coefficient (Wildman–Crippen LogP) is 2.61. The lowest BCUT2D eigenvalue weighted by molar-refractivity contribution is 0.0487. The van der Waals surface area contributed by atoms with Gasteiger partial charge in [-0.05, 0) is 36.2 Å². The lowest BCUT2D eigenvalue weighted by Crippen LogP contribution is -2.49. The second-order valence-electron chi connectivity index (χ2n) is 7.99. The smallest absolute Gasteiger partial charge is 0.254 e. The molecule has 1 aliphatic heterocycles. The Morgan fingerprint density at radius 3 is 2.52 bits per heavy atom. The number of amides is 1. The van der Waals surface area contributed by atoms with Gasteiger partial charge in [-0.3, -0.25) is 14.8 Å². The zero-order chi connectivity index (χ0) is 21.8. The molecule has 1 aromatic heterocycles. The Morgan fingerprint density at radius 2 is 1.81 bits per heavy atom. The van der Waals surface area contributed by atoms with E-state index in [1.54, 1.807) is 0 Å². The Bertz CT molecular complexity index is 1030. The summed E-state index contributed by atoms with van der Waals surface area (Å²) in [5.41, 5.74) is 4.94. The number of piperazine rings is 1. The Morgan fingerprint density at radius 1 is 1.06 bits per heavy atom. The number of ether oxygens (including phenoxy) is 1. The number of hydrogen-bond donors (Lipinski definition) is 2. The van der Waals surface area contributed by atoms with Gasteiger partial charge < -0.3 is 14.7 Å². The number of aromatic amines is 1. The summed E-state index contributed by atoms with van der Waals surface area (Å²) in [7, 11) is 0. The number of nitrogens with zero attached hydrogens (tertiary/aromatic N) is 3. The number of aliphatic hydroxyl groups excluding tert-OH is 1. The molecule has 1 fully saturated rings. The van der Waals surface area contributed by atoms with E-state index in [2.05, 4.69) is 27.2 Å². The van der Waals surface area contributed by atoms with E-state index in [-0.39, 0.29) is 12.5 Å². The van der Waals surface area contributed by atoms with Crippen molar-refractivity contribution in [1.82, 2.24) is 20.0 Å². The van der Waals surface area contributed by atoms with Gasteiger partial charge in [-0.25, -0.2) is 0 Å². The van der Waals surface area contributed by atoms with Gasteiger partial charge in [0.2, 0.25) is 0 Å². The maximum absolute atomic E-state index is 13.4. The summed E-state index contributed by atoms with van der Waals surface area (Å²) < 4.78 is 5.36. The number of rotatable bonds is 7. The van der Waals surface area contributed by atoms with E-state index >= 15 is 0 Å². The standard InChI is InChI=1S/C24H30N4O3/c1-17-23(18(2)26-25-17)21-7-3-6-20-19(21)5-4-8-22(20)24(30)28-11-9-27(10-12-28)13-15-31-16-14-29/h3-8,29H,9-16H2,1-2H3,(H,25,26). The molecule has 3 aromatic rings. The molecule has 0 atom stereocenters. The highest BCUT2D eigenvalue weighted by molar-refractivity contribution is 6.10. The molecule has 7 nitrogen and oxygen atoms in total. The van der Waals surface area contributed by atoms with Crippen LogP contribution in [0.4, 0.5) is 0 Å². The molecule has 0 spiro atoms. The van der Waals surface area contributed by atoms with E-state index in [1.165, 1.54) is 0 Å². The minimum absolute atomic E-state index is 0.0504. The first-order chi connectivity index (χ1) is 15.1. The Balaban J connectivity index is 1.53. The van der Waals surface area contributed by atoms with Crippen LogP contribution in [-0.2, 0) is 4.74 Å². The number of H-pyrrole nitrogens is 1. The molecule has 1 amide bonds. The molecule has 0 unspecified atom stereocenters. The van der Waals surface area contributed by atoms with Gasteiger partial charge in [0.25, 0.3) is 5.91 Å². The molecular weight excluding hydrogens is 392 g/mol. The second-order valence-corrected chi connectivity index (χ2v) is 7.99. The average Bonchev–Trinajstić information content (AvgIpc) is 3.13. The lowest BCUT2D eigenvalue weighted by atomic mass is 9.94. The lowest BCUT2D eigenvalue weighted by Gasteiger charge is -2.34. The maximum atomic E-state index is 13.4. The molecular formula is C24H30N4O3. The van der Waals surface area contributed by atoms with E-state index in [9.17, 15) is 4.79 Å². The third-order valence-electron chi connectivity index (χ3n) is 6.00. The highest BCUT2D eigenvalue weighted by Gasteiger charge is 2.24. The van der Waals surface area contributed by atoms with E-state index in [4.69, 9.17) is 9.84 Å². The summed E-state index contributed by atoms with van der Waals surface area (Å²) in [4.78, 5) is 17.6. The monoisotopic (exact) mass is 422 g/mol. The van der Waals surface area contributed by atoms with Crippen molar-refractivity contribution in [2.75, 3.05) is 52.5 Å². The van der Waals surface area contributed by atoms with Gasteiger partial charge in [-0.1, -0.05) is 30.3 Å². The Kier molecular flexibility index (Phi) is 6.65. The van der Waals surface area contributed by atoms with Crippen LogP contribution in [0, 0.1) is 13.8 Å². The number of aromatic nitrogens is 2. The number of aryl methyl sites for hydroxylation is 2. The minimum Gasteiger partial charge on any atom is -0.394 e. The van der Waals surface area contributed by atoms with Gasteiger partial charge >= 0.3 is 0 Å². The molecule has 4 rings (SSSR count). The fourth-order valence-electron chi connectivity index (χ4n) is 4.37. The van der Waals surface area contributed by atoms with Crippen molar-refractivity contribution in [3.05, 3.63) is 53.3 Å². The molecule has 2 heterocycles. The summed E-state index contributed by atoms with van der Waals surface area (Å²) in [6, 6.07) is 12.1. The van der Waals surface area contributed by atoms with Crippen molar-refractivity contribution < 1.29 is 14.6 Å². The topological polar surface area (TPSA) is 81.7 Å². The number of fused-ring (bicyclic) bond motifs is 1. The van der Waals surface area contributed by atoms with Crippen molar-refractivity contribution >= 4 is 16.7 Å². The van der Waals surface area contributed by atoms with Crippen LogP contribution >= 0.6 is 0 Å². The third-order valence-corrected chi connectivity index (χ3v) is 6.00. The van der Waals surface area contributed by atoms with Crippen LogP contribution in [0.25, 0.3) is 21.9 Å². The van der Waals surface area contributed by atoms with Crippen LogP contribution in [0.15, 0.2) is 36.4 Å². The molecule has 2 aromatic carbocycles. The number of hydrogen-bond acceptors (Lipinski definition) is 5. The maximum Gasteiger partial charge on any atom is 0.254 e. The molecule has 0 radical (unpaired) electrons. The number of carbonyl (C=O) groups is 1. The fraction of sp³-hybridized carbons (Fsp3) is 0.417. The molecule has 0 aliphatic carbocycles. The van der Waals surface area contributed by atoms with Crippen molar-refractivity contribution in [3.8, 4) is 11.1 Å². The van der Waals surface area contributed by atoms with Crippen LogP contribution in [0.3, 0.4) is 0 Å². The second kappa shape index (κ2) is 9.60. The van der Waals surface area contributed by atoms with Gasteiger partial charge in [0.15, 0.2) is 0 Å². The molecule has 0 bridgehead atoms. The summed E-state index contributed by atoms with van der Waals surface area (Å²) in [5, 5.41) is 18.2. The zero-order valence-corrected chi connectivity index (χ0v) is 18.2. The minimum atomic E-state index is 0.0504. The number of nitrogens with one attached hydrogen (secondary N) is 1. The molecule has 164 valence electrons. The normalized spacial score (nSPS) is 15.0. The van der Waals surface area contributed by atoms with Gasteiger partial charge in [-0.15, -0.1) is 0 Å². The number of benzene rings is 2. The highest BCUT2D eigenvalue weighted by Crippen LogP contribution is 2.33. The molecule has 7 heteroatoms. The first-order valence-corrected chi connectivity index (χ1v) is 10.8. The zero-order valence-electron chi connectivity index (χ0n) is 18.2. The van der Waals surface area contributed by atoms with Crippen molar-refractivity contribution in [2.24, 2.45) is 0 Å². The highest BCUT2D eigenvalue weighted by atomic mass is 16.5. The van der Waals surface area contributed by atoms with Gasteiger partial charge in [0.1, 0.15) is 0 Å². The first-order valence-electron chi connectivity index (χ1n) is 10.8. The van der Waals surface area contributed by atoms with Crippen molar-refractivity contribution in [3.63, 3.8) is 0 Å². The van der Waals surface area contributed by atoms with Crippen LogP contribution in [-0.4, -0.2) is 83.6 Å². The van der Waals surface area contributed by atoms with Crippen LogP contribution < -0.4 is 0 Å². The molecule has 2 N–H and O–H groups in total. The van der Waals surface area contributed by atoms with Crippen LogP contribution in [0.2, 0.25) is 0 Å². The molecule has 1 saturated heterocycles. The third kappa shape index (κ3) is 4.49. The van der Waals surface area contributed by atoms with Crippen LogP contribution in [0.1, 0.15) is 21.7 Å². The molecule has 0 saturated carbocycles.